The zero-order valence-electron chi connectivity index (χ0n) is 12.3. The van der Waals surface area contributed by atoms with Gasteiger partial charge in [0, 0.05) is 6.32 Å². The third-order valence-corrected chi connectivity index (χ3v) is 5.80. The molecule has 0 spiro atoms. The second-order valence-corrected chi connectivity index (χ2v) is 7.00. The summed E-state index contributed by atoms with van der Waals surface area (Å²) in [5, 5.41) is 0. The van der Waals surface area contributed by atoms with Crippen molar-refractivity contribution in [2.45, 2.75) is 56.9 Å². The summed E-state index contributed by atoms with van der Waals surface area (Å²) in [7, 11) is -0.0495. The molecule has 2 fully saturated rings. The first-order valence-electron chi connectivity index (χ1n) is 8.22. The fraction of sp³-hybridized carbons (Fsp3) is 0.625. The number of rotatable bonds is 2. The molecule has 0 amide bonds. The summed E-state index contributed by atoms with van der Waals surface area (Å²) in [6, 6.07) is 8.04. The Bertz CT molecular complexity index is 454. The molecule has 104 valence electrons. The van der Waals surface area contributed by atoms with E-state index in [-0.39, 0.29) is 7.12 Å². The summed E-state index contributed by atoms with van der Waals surface area (Å²) in [4.78, 5) is 0. The molecule has 1 aromatic carbocycles. The third-order valence-electron chi connectivity index (χ3n) is 5.80. The van der Waals surface area contributed by atoms with Crippen molar-refractivity contribution >= 4 is 13.8 Å². The number of benzene rings is 1. The van der Waals surface area contributed by atoms with Crippen LogP contribution in [0.25, 0.3) is 0 Å². The molecule has 0 saturated carbocycles. The normalized spacial score (nSPS) is 31.6. The molecule has 3 heterocycles. The molecule has 2 atom stereocenters. The highest BCUT2D eigenvalue weighted by Gasteiger charge is 2.43. The van der Waals surface area contributed by atoms with Gasteiger partial charge in [-0.3, -0.25) is 0 Å². The first-order chi connectivity index (χ1) is 9.79. The fourth-order valence-corrected chi connectivity index (χ4v) is 4.68. The van der Waals surface area contributed by atoms with Gasteiger partial charge in [-0.05, 0) is 18.1 Å². The molecule has 2 saturated heterocycles. The largest absolute Gasteiger partial charge is 0.595 e. The van der Waals surface area contributed by atoms with E-state index in [2.05, 4.69) is 6.82 Å². The number of hydrogen-bond acceptors (Lipinski definition) is 2. The van der Waals surface area contributed by atoms with Gasteiger partial charge in [0.25, 0.3) is 0 Å². The molecule has 2 unspecified atom stereocenters. The number of fused-ring (bicyclic) bond motifs is 3. The minimum absolute atomic E-state index is 0.0495. The Hall–Kier alpha value is -1.05. The van der Waals surface area contributed by atoms with Crippen LogP contribution in [0.3, 0.4) is 0 Å². The Kier molecular flexibility index (Phi) is 3.20. The molecule has 2 bridgehead atoms. The molecular weight excluding hydrogens is 246 g/mol. The van der Waals surface area contributed by atoms with Crippen LogP contribution in [-0.4, -0.2) is 13.8 Å². The summed E-state index contributed by atoms with van der Waals surface area (Å²) in [5.74, 6) is 4.54. The van der Waals surface area contributed by atoms with Gasteiger partial charge in [0.2, 0.25) is 0 Å². The van der Waals surface area contributed by atoms with E-state index in [4.69, 9.17) is 9.31 Å². The zero-order chi connectivity index (χ0) is 13.5. The highest BCUT2D eigenvalue weighted by molar-refractivity contribution is 6.61. The Balaban J connectivity index is 1.39. The highest BCUT2D eigenvalue weighted by atomic mass is 16.6. The summed E-state index contributed by atoms with van der Waals surface area (Å²) in [5.41, 5.74) is 0. The van der Waals surface area contributed by atoms with Crippen molar-refractivity contribution in [1.82, 2.24) is 0 Å². The molecule has 3 aliphatic heterocycles. The van der Waals surface area contributed by atoms with Gasteiger partial charge in [-0.2, -0.15) is 0 Å². The van der Waals surface area contributed by atoms with Crippen LogP contribution in [-0.2, 0) is 0 Å². The monoisotopic (exact) mass is 268 g/mol. The summed E-state index contributed by atoms with van der Waals surface area (Å²) in [6.45, 7) is 3.42. The molecule has 0 aromatic heterocycles. The van der Waals surface area contributed by atoms with Crippen molar-refractivity contribution in [1.29, 1.82) is 0 Å². The van der Waals surface area contributed by atoms with E-state index in [1.807, 2.05) is 24.3 Å². The Morgan fingerprint density at radius 2 is 1.65 bits per heavy atom. The maximum absolute atomic E-state index is 5.94. The van der Waals surface area contributed by atoms with Gasteiger partial charge in [0.05, 0.1) is 0 Å². The van der Waals surface area contributed by atoms with Gasteiger partial charge in [-0.25, -0.2) is 0 Å². The van der Waals surface area contributed by atoms with Crippen LogP contribution in [0.1, 0.15) is 32.1 Å². The molecule has 0 N–H and O–H groups in total. The van der Waals surface area contributed by atoms with Crippen molar-refractivity contribution in [3.63, 3.8) is 0 Å². The van der Waals surface area contributed by atoms with Crippen molar-refractivity contribution in [2.24, 2.45) is 5.92 Å². The van der Waals surface area contributed by atoms with Crippen molar-refractivity contribution in [3.05, 3.63) is 24.3 Å². The number of para-hydroxylation sites is 2. The lowest BCUT2D eigenvalue weighted by molar-refractivity contribution is 0.343. The molecule has 4 heteroatoms. The van der Waals surface area contributed by atoms with Crippen LogP contribution in [0.2, 0.25) is 24.8 Å². The summed E-state index contributed by atoms with van der Waals surface area (Å²) < 4.78 is 11.9. The lowest BCUT2D eigenvalue weighted by Crippen LogP contribution is -2.38. The standard InChI is InChI=1S/C16H22B2O2/c1-17-13-5-4-6-14(17)10-12(9-13)11-18-19-15-7-2-3-8-16(15)20-18/h2-3,7-8,12-14H,4-6,9-11H2,1H3. The second kappa shape index (κ2) is 5.05. The van der Waals surface area contributed by atoms with E-state index in [9.17, 15) is 0 Å². The first-order valence-corrected chi connectivity index (χ1v) is 8.22. The fourth-order valence-electron chi connectivity index (χ4n) is 4.68. The average molecular weight is 268 g/mol. The van der Waals surface area contributed by atoms with Crippen LogP contribution < -0.4 is 9.31 Å². The van der Waals surface area contributed by atoms with E-state index in [1.54, 1.807) is 0 Å². The van der Waals surface area contributed by atoms with Gasteiger partial charge in [0.1, 0.15) is 18.2 Å². The van der Waals surface area contributed by atoms with Gasteiger partial charge < -0.3 is 9.31 Å². The van der Waals surface area contributed by atoms with Gasteiger partial charge in [-0.15, -0.1) is 0 Å². The maximum Gasteiger partial charge on any atom is 0.595 e. The quantitative estimate of drug-likeness (QED) is 0.740. The summed E-state index contributed by atoms with van der Waals surface area (Å²) in [6.07, 6.45) is 8.18. The minimum atomic E-state index is -0.0495. The molecule has 0 aliphatic carbocycles. The van der Waals surface area contributed by atoms with E-state index in [0.717, 1.165) is 42.1 Å². The SMILES string of the molecule is CB1C2CCCC1CC(CB1Oc3ccccc3O1)C2. The predicted molar refractivity (Wildman–Crippen MR) is 84.0 cm³/mol. The van der Waals surface area contributed by atoms with E-state index in [0.29, 0.717) is 0 Å². The first kappa shape index (κ1) is 12.7. The van der Waals surface area contributed by atoms with Crippen molar-refractivity contribution < 1.29 is 9.31 Å². The van der Waals surface area contributed by atoms with Crippen LogP contribution in [0.15, 0.2) is 24.3 Å². The molecule has 2 nitrogen and oxygen atoms in total. The Labute approximate surface area is 122 Å². The smallest absolute Gasteiger partial charge is 0.523 e. The van der Waals surface area contributed by atoms with Crippen LogP contribution in [0.4, 0.5) is 0 Å². The topological polar surface area (TPSA) is 18.5 Å². The molecule has 1 aromatic rings. The Morgan fingerprint density at radius 1 is 1.05 bits per heavy atom. The van der Waals surface area contributed by atoms with E-state index in [1.165, 1.54) is 32.1 Å². The lowest BCUT2D eigenvalue weighted by atomic mass is 9.27. The second-order valence-electron chi connectivity index (χ2n) is 7.00. The van der Waals surface area contributed by atoms with Crippen LogP contribution in [0.5, 0.6) is 11.5 Å². The molecule has 0 radical (unpaired) electrons. The van der Waals surface area contributed by atoms with Gasteiger partial charge in [-0.1, -0.05) is 62.7 Å². The summed E-state index contributed by atoms with van der Waals surface area (Å²) >= 11 is 0. The Morgan fingerprint density at radius 3 is 2.25 bits per heavy atom. The van der Waals surface area contributed by atoms with Crippen molar-refractivity contribution in [3.8, 4) is 11.5 Å². The molecule has 20 heavy (non-hydrogen) atoms. The van der Waals surface area contributed by atoms with Crippen LogP contribution in [0, 0.1) is 5.92 Å². The molecule has 4 rings (SSSR count). The highest BCUT2D eigenvalue weighted by Crippen LogP contribution is 2.50. The third kappa shape index (κ3) is 2.23. The van der Waals surface area contributed by atoms with Crippen molar-refractivity contribution in [2.75, 3.05) is 0 Å². The molecule has 3 aliphatic rings. The lowest BCUT2D eigenvalue weighted by Gasteiger charge is -2.42. The van der Waals surface area contributed by atoms with E-state index < -0.39 is 0 Å². The van der Waals surface area contributed by atoms with E-state index >= 15 is 0 Å². The number of hydrogen-bond donors (Lipinski definition) is 0. The average Bonchev–Trinajstić information content (AvgIpc) is 2.82. The zero-order valence-corrected chi connectivity index (χ0v) is 12.3. The predicted octanol–water partition coefficient (Wildman–Crippen LogP) is 4.40. The maximum atomic E-state index is 5.94. The molecular formula is C16H22B2O2. The minimum Gasteiger partial charge on any atom is -0.523 e. The van der Waals surface area contributed by atoms with Gasteiger partial charge in [0.15, 0.2) is 0 Å². The van der Waals surface area contributed by atoms with Gasteiger partial charge >= 0.3 is 7.12 Å². The van der Waals surface area contributed by atoms with Crippen LogP contribution >= 0.6 is 0 Å².